The molecule has 3 N–H and O–H groups in total. The number of anilines is 3. The molecule has 0 unspecified atom stereocenters. The van der Waals surface area contributed by atoms with Crippen molar-refractivity contribution in [2.45, 2.75) is 19.4 Å². The van der Waals surface area contributed by atoms with E-state index in [1.807, 2.05) is 0 Å². The second-order valence-electron chi connectivity index (χ2n) is 8.51. The molecule has 0 saturated carbocycles. The minimum atomic E-state index is -0.500. The molecular formula is C25H29ClFN7O4. The predicted octanol–water partition coefficient (Wildman–Crippen LogP) is 3.03. The number of benzene rings is 1. The molecule has 0 bridgehead atoms. The number of aliphatic hydroxyl groups excluding tert-OH is 1. The molecule has 3 aromatic rings. The molecule has 1 aromatic carbocycles. The standard InChI is InChI=1S/C25H29ClFN7O4/c26-17-3-4-19(27)18(12-17)20-13-21(22(33-32-20)15-38-11-8-35)30-23-14-24(29-16-28-23)31-25(36)2-1-5-34-6-9-37-10-7-34/h3-4,12-14,16,35H,1-2,5-11,15H2,(H2,28,29,30,31,32,36). The average molecular weight is 546 g/mol. The van der Waals surface area contributed by atoms with Gasteiger partial charge >= 0.3 is 0 Å². The van der Waals surface area contributed by atoms with E-state index in [-0.39, 0.29) is 37.0 Å². The van der Waals surface area contributed by atoms with E-state index in [0.717, 1.165) is 39.3 Å². The highest BCUT2D eigenvalue weighted by atomic mass is 35.5. The molecule has 0 atom stereocenters. The Labute approximate surface area is 224 Å². The number of nitrogens with one attached hydrogen (secondary N) is 2. The Bertz CT molecular complexity index is 1230. The van der Waals surface area contributed by atoms with Crippen molar-refractivity contribution in [2.75, 3.05) is 56.7 Å². The first-order valence-corrected chi connectivity index (χ1v) is 12.6. The normalized spacial score (nSPS) is 13.9. The predicted molar refractivity (Wildman–Crippen MR) is 140 cm³/mol. The van der Waals surface area contributed by atoms with Gasteiger partial charge in [-0.3, -0.25) is 9.69 Å². The van der Waals surface area contributed by atoms with Crippen LogP contribution in [0.1, 0.15) is 18.5 Å². The maximum atomic E-state index is 14.5. The summed E-state index contributed by atoms with van der Waals surface area (Å²) in [7, 11) is 0. The Kier molecular flexibility index (Phi) is 10.2. The van der Waals surface area contributed by atoms with Crippen molar-refractivity contribution in [2.24, 2.45) is 0 Å². The van der Waals surface area contributed by atoms with Gasteiger partial charge in [0.1, 0.15) is 29.5 Å². The monoisotopic (exact) mass is 545 g/mol. The summed E-state index contributed by atoms with van der Waals surface area (Å²) < 4.78 is 25.2. The molecular weight excluding hydrogens is 517 g/mol. The summed E-state index contributed by atoms with van der Waals surface area (Å²) in [5.74, 6) is 0.0579. The molecule has 0 radical (unpaired) electrons. The summed E-state index contributed by atoms with van der Waals surface area (Å²) in [4.78, 5) is 23.1. The fraction of sp³-hybridized carbons (Fsp3) is 0.400. The Hall–Kier alpha value is -3.29. The topological polar surface area (TPSA) is 135 Å². The van der Waals surface area contributed by atoms with E-state index >= 15 is 0 Å². The maximum absolute atomic E-state index is 14.5. The minimum absolute atomic E-state index is 0.0476. The quantitative estimate of drug-likeness (QED) is 0.291. The largest absolute Gasteiger partial charge is 0.394 e. The number of nitrogens with zero attached hydrogens (tertiary/aromatic N) is 5. The van der Waals surface area contributed by atoms with Gasteiger partial charge < -0.3 is 25.2 Å². The lowest BCUT2D eigenvalue weighted by Gasteiger charge is -2.26. The van der Waals surface area contributed by atoms with Gasteiger partial charge in [0.25, 0.3) is 0 Å². The van der Waals surface area contributed by atoms with Crippen LogP contribution in [0.25, 0.3) is 11.3 Å². The number of ether oxygens (including phenoxy) is 2. The van der Waals surface area contributed by atoms with Crippen molar-refractivity contribution in [3.05, 3.63) is 53.2 Å². The van der Waals surface area contributed by atoms with E-state index in [2.05, 4.69) is 35.7 Å². The van der Waals surface area contributed by atoms with Gasteiger partial charge in [-0.05, 0) is 37.2 Å². The van der Waals surface area contributed by atoms with Crippen molar-refractivity contribution in [3.8, 4) is 11.3 Å². The number of hydrogen-bond donors (Lipinski definition) is 3. The number of halogens is 2. The highest BCUT2D eigenvalue weighted by molar-refractivity contribution is 6.30. The summed E-state index contributed by atoms with van der Waals surface area (Å²) >= 11 is 6.05. The molecule has 13 heteroatoms. The summed E-state index contributed by atoms with van der Waals surface area (Å²) in [5, 5.41) is 23.6. The van der Waals surface area contributed by atoms with E-state index in [4.69, 9.17) is 26.2 Å². The van der Waals surface area contributed by atoms with E-state index in [9.17, 15) is 9.18 Å². The number of amides is 1. The number of morpholine rings is 1. The van der Waals surface area contributed by atoms with Crippen LogP contribution in [0, 0.1) is 5.82 Å². The summed E-state index contributed by atoms with van der Waals surface area (Å²) in [6.07, 6.45) is 2.41. The van der Waals surface area contributed by atoms with Gasteiger partial charge in [-0.1, -0.05) is 11.6 Å². The van der Waals surface area contributed by atoms with Crippen molar-refractivity contribution in [3.63, 3.8) is 0 Å². The number of rotatable bonds is 12. The van der Waals surface area contributed by atoms with Crippen LogP contribution >= 0.6 is 11.6 Å². The zero-order chi connectivity index (χ0) is 26.7. The molecule has 3 heterocycles. The summed E-state index contributed by atoms with van der Waals surface area (Å²) in [5.41, 5.74) is 1.30. The SMILES string of the molecule is O=C(CCCN1CCOCC1)Nc1cc(Nc2cc(-c3cc(Cl)ccc3F)nnc2COCCO)ncn1. The average Bonchev–Trinajstić information content (AvgIpc) is 2.92. The van der Waals surface area contributed by atoms with Gasteiger partial charge in [0, 0.05) is 36.2 Å². The molecule has 1 saturated heterocycles. The van der Waals surface area contributed by atoms with Gasteiger partial charge in [-0.2, -0.15) is 5.10 Å². The molecule has 0 aliphatic carbocycles. The smallest absolute Gasteiger partial charge is 0.225 e. The van der Waals surface area contributed by atoms with Crippen LogP contribution in [0.15, 0.2) is 36.7 Å². The maximum Gasteiger partial charge on any atom is 0.225 e. The fourth-order valence-corrected chi connectivity index (χ4v) is 3.99. The second kappa shape index (κ2) is 14.0. The molecule has 1 aliphatic rings. The van der Waals surface area contributed by atoms with Crippen LogP contribution in [0.3, 0.4) is 0 Å². The Morgan fingerprint density at radius 3 is 2.79 bits per heavy atom. The molecule has 1 fully saturated rings. The molecule has 1 aliphatic heterocycles. The third-order valence-corrected chi connectivity index (χ3v) is 5.96. The van der Waals surface area contributed by atoms with Crippen LogP contribution in [0.2, 0.25) is 5.02 Å². The zero-order valence-electron chi connectivity index (χ0n) is 20.7. The second-order valence-corrected chi connectivity index (χ2v) is 8.95. The van der Waals surface area contributed by atoms with E-state index in [1.165, 1.54) is 24.5 Å². The van der Waals surface area contributed by atoms with Crippen molar-refractivity contribution >= 4 is 34.8 Å². The van der Waals surface area contributed by atoms with Crippen LogP contribution in [-0.4, -0.2) is 82.1 Å². The first kappa shape index (κ1) is 27.7. The lowest BCUT2D eigenvalue weighted by atomic mass is 10.1. The highest BCUT2D eigenvalue weighted by Crippen LogP contribution is 2.28. The lowest BCUT2D eigenvalue weighted by Crippen LogP contribution is -2.37. The third kappa shape index (κ3) is 8.10. The molecule has 0 spiro atoms. The molecule has 2 aromatic heterocycles. The van der Waals surface area contributed by atoms with Crippen LogP contribution in [-0.2, 0) is 20.9 Å². The molecule has 4 rings (SSSR count). The van der Waals surface area contributed by atoms with Crippen molar-refractivity contribution < 1.29 is 23.8 Å². The third-order valence-electron chi connectivity index (χ3n) is 5.73. The number of aliphatic hydroxyl groups is 1. The van der Waals surface area contributed by atoms with Crippen LogP contribution in [0.4, 0.5) is 21.7 Å². The summed E-state index contributed by atoms with van der Waals surface area (Å²) in [6, 6.07) is 7.35. The molecule has 202 valence electrons. The first-order valence-electron chi connectivity index (χ1n) is 12.2. The van der Waals surface area contributed by atoms with Gasteiger partial charge in [-0.15, -0.1) is 5.10 Å². The van der Waals surface area contributed by atoms with Crippen LogP contribution in [0.5, 0.6) is 0 Å². The van der Waals surface area contributed by atoms with Crippen LogP contribution < -0.4 is 10.6 Å². The Morgan fingerprint density at radius 1 is 1.16 bits per heavy atom. The molecule has 1 amide bonds. The van der Waals surface area contributed by atoms with Gasteiger partial charge in [0.2, 0.25) is 5.91 Å². The molecule has 38 heavy (non-hydrogen) atoms. The van der Waals surface area contributed by atoms with Gasteiger partial charge in [0.05, 0.1) is 44.4 Å². The number of aromatic nitrogens is 4. The van der Waals surface area contributed by atoms with E-state index < -0.39 is 5.82 Å². The molecule has 11 nitrogen and oxygen atoms in total. The first-order chi connectivity index (χ1) is 18.5. The number of carbonyl (C=O) groups excluding carboxylic acids is 1. The highest BCUT2D eigenvalue weighted by Gasteiger charge is 2.15. The van der Waals surface area contributed by atoms with Gasteiger partial charge in [-0.25, -0.2) is 14.4 Å². The van der Waals surface area contributed by atoms with E-state index in [0.29, 0.717) is 34.5 Å². The Morgan fingerprint density at radius 2 is 1.97 bits per heavy atom. The summed E-state index contributed by atoms with van der Waals surface area (Å²) in [6.45, 7) is 4.05. The van der Waals surface area contributed by atoms with Crippen molar-refractivity contribution in [1.29, 1.82) is 0 Å². The van der Waals surface area contributed by atoms with Gasteiger partial charge in [0.15, 0.2) is 0 Å². The van der Waals surface area contributed by atoms with Crippen molar-refractivity contribution in [1.82, 2.24) is 25.1 Å². The number of hydrogen-bond acceptors (Lipinski definition) is 10. The zero-order valence-corrected chi connectivity index (χ0v) is 21.5. The van der Waals surface area contributed by atoms with E-state index in [1.54, 1.807) is 12.1 Å². The number of carbonyl (C=O) groups is 1. The fourth-order valence-electron chi connectivity index (χ4n) is 3.82. The minimum Gasteiger partial charge on any atom is -0.394 e. The Balaban J connectivity index is 1.45. The lowest BCUT2D eigenvalue weighted by molar-refractivity contribution is -0.116.